The summed E-state index contributed by atoms with van der Waals surface area (Å²) in [4.78, 5) is 14.5. The van der Waals surface area contributed by atoms with Crippen molar-refractivity contribution in [1.29, 1.82) is 0 Å². The van der Waals surface area contributed by atoms with Crippen LogP contribution >= 0.6 is 0 Å². The van der Waals surface area contributed by atoms with Crippen molar-refractivity contribution in [3.05, 3.63) is 84.0 Å². The average Bonchev–Trinajstić information content (AvgIpc) is 3.11. The number of hydrogen-bond acceptors (Lipinski definition) is 5. The first-order valence-electron chi connectivity index (χ1n) is 10.8. The third-order valence-corrected chi connectivity index (χ3v) is 7.91. The van der Waals surface area contributed by atoms with Crippen molar-refractivity contribution >= 4 is 5.97 Å². The van der Waals surface area contributed by atoms with Gasteiger partial charge in [-0.2, -0.15) is 0 Å². The molecule has 1 N–H and O–H groups in total. The van der Waals surface area contributed by atoms with E-state index in [1.807, 2.05) is 42.5 Å². The molecule has 2 heterocycles. The van der Waals surface area contributed by atoms with Crippen molar-refractivity contribution in [1.82, 2.24) is 4.90 Å². The Bertz CT molecular complexity index is 1130. The molecule has 5 heteroatoms. The molecule has 0 aromatic heterocycles. The lowest BCUT2D eigenvalue weighted by molar-refractivity contribution is -0.131. The molecule has 1 saturated heterocycles. The van der Waals surface area contributed by atoms with Crippen LogP contribution in [-0.4, -0.2) is 41.7 Å². The molecule has 5 atom stereocenters. The first-order valence-corrected chi connectivity index (χ1v) is 10.8. The molecule has 1 spiro atoms. The molecule has 2 aliphatic heterocycles. The Labute approximate surface area is 181 Å². The lowest BCUT2D eigenvalue weighted by atomic mass is 9.47. The Kier molecular flexibility index (Phi) is 3.84. The Morgan fingerprint density at radius 2 is 2.06 bits per heavy atom. The second-order valence-corrected chi connectivity index (χ2v) is 9.08. The summed E-state index contributed by atoms with van der Waals surface area (Å²) in [5.41, 5.74) is 1.86. The Balaban J connectivity index is 1.68. The molecule has 158 valence electrons. The van der Waals surface area contributed by atoms with E-state index in [1.54, 1.807) is 0 Å². The van der Waals surface area contributed by atoms with E-state index in [0.29, 0.717) is 17.5 Å². The van der Waals surface area contributed by atoms with Gasteiger partial charge >= 0.3 is 5.97 Å². The highest BCUT2D eigenvalue weighted by atomic mass is 16.6. The monoisotopic (exact) mass is 415 g/mol. The van der Waals surface area contributed by atoms with Crippen molar-refractivity contribution in [3.63, 3.8) is 0 Å². The lowest BCUT2D eigenvalue weighted by Gasteiger charge is -2.61. The number of carbonyl (C=O) groups excluding carboxylic acids is 1. The number of piperidine rings is 1. The number of benzene rings is 2. The van der Waals surface area contributed by atoms with Crippen molar-refractivity contribution in [2.75, 3.05) is 13.6 Å². The minimum Gasteiger partial charge on any atom is -0.474 e. The highest BCUT2D eigenvalue weighted by Gasteiger charge is 2.72. The van der Waals surface area contributed by atoms with E-state index in [0.717, 1.165) is 36.6 Å². The van der Waals surface area contributed by atoms with Crippen LogP contribution in [0.4, 0.5) is 0 Å². The zero-order valence-corrected chi connectivity index (χ0v) is 17.5. The topological polar surface area (TPSA) is 59.0 Å². The van der Waals surface area contributed by atoms with E-state index in [9.17, 15) is 9.90 Å². The number of aliphatic hydroxyl groups is 1. The fourth-order valence-corrected chi connectivity index (χ4v) is 6.70. The molecule has 31 heavy (non-hydrogen) atoms. The van der Waals surface area contributed by atoms with Gasteiger partial charge in [0.15, 0.2) is 17.1 Å². The maximum Gasteiger partial charge on any atom is 0.335 e. The van der Waals surface area contributed by atoms with Gasteiger partial charge < -0.3 is 19.5 Å². The van der Waals surface area contributed by atoms with Gasteiger partial charge in [-0.3, -0.25) is 0 Å². The van der Waals surface area contributed by atoms with E-state index in [2.05, 4.69) is 30.7 Å². The van der Waals surface area contributed by atoms with Crippen LogP contribution in [0.5, 0.6) is 11.5 Å². The molecule has 1 fully saturated rings. The van der Waals surface area contributed by atoms with E-state index in [-0.39, 0.29) is 5.92 Å². The maximum absolute atomic E-state index is 12.1. The molecule has 5 nitrogen and oxygen atoms in total. The van der Waals surface area contributed by atoms with E-state index < -0.39 is 23.1 Å². The van der Waals surface area contributed by atoms with Crippen LogP contribution in [-0.2, 0) is 22.2 Å². The largest absolute Gasteiger partial charge is 0.474 e. The molecule has 0 amide bonds. The Morgan fingerprint density at radius 3 is 2.84 bits per heavy atom. The van der Waals surface area contributed by atoms with Crippen LogP contribution in [0, 0.1) is 5.92 Å². The van der Waals surface area contributed by atoms with Gasteiger partial charge in [0, 0.05) is 23.6 Å². The van der Waals surface area contributed by atoms with E-state index >= 15 is 0 Å². The fraction of sp³-hybridized carbons (Fsp3) is 0.346. The van der Waals surface area contributed by atoms with Crippen LogP contribution in [0.3, 0.4) is 0 Å². The molecule has 0 saturated carbocycles. The minimum atomic E-state index is -0.971. The van der Waals surface area contributed by atoms with Crippen molar-refractivity contribution in [3.8, 4) is 11.5 Å². The molecule has 2 aliphatic carbocycles. The van der Waals surface area contributed by atoms with Gasteiger partial charge in [0.1, 0.15) is 6.10 Å². The molecule has 2 bridgehead atoms. The molecular weight excluding hydrogens is 390 g/mol. The van der Waals surface area contributed by atoms with Crippen LogP contribution in [0.1, 0.15) is 23.1 Å². The highest BCUT2D eigenvalue weighted by molar-refractivity contribution is 5.84. The average molecular weight is 415 g/mol. The number of likely N-dealkylation sites (tertiary alicyclic amines) is 1. The van der Waals surface area contributed by atoms with Crippen LogP contribution in [0.2, 0.25) is 0 Å². The summed E-state index contributed by atoms with van der Waals surface area (Å²) in [6.07, 6.45) is 6.17. The summed E-state index contributed by atoms with van der Waals surface area (Å²) in [5, 5.41) is 11.5. The van der Waals surface area contributed by atoms with E-state index in [1.165, 1.54) is 5.56 Å². The molecule has 2 aromatic carbocycles. The summed E-state index contributed by atoms with van der Waals surface area (Å²) < 4.78 is 12.4. The minimum absolute atomic E-state index is 0.189. The van der Waals surface area contributed by atoms with Crippen molar-refractivity contribution in [2.45, 2.75) is 36.0 Å². The second kappa shape index (κ2) is 6.31. The van der Waals surface area contributed by atoms with Crippen LogP contribution in [0.15, 0.2) is 67.3 Å². The number of ether oxygens (including phenoxy) is 2. The zero-order valence-electron chi connectivity index (χ0n) is 17.5. The molecule has 2 aromatic rings. The third-order valence-electron chi connectivity index (χ3n) is 7.91. The van der Waals surface area contributed by atoms with Crippen LogP contribution in [0.25, 0.3) is 0 Å². The first kappa shape index (κ1) is 18.8. The summed E-state index contributed by atoms with van der Waals surface area (Å²) in [7, 11) is 2.18. The second-order valence-electron chi connectivity index (χ2n) is 9.08. The van der Waals surface area contributed by atoms with Crippen molar-refractivity contribution in [2.24, 2.45) is 5.92 Å². The summed E-state index contributed by atoms with van der Waals surface area (Å²) in [6.45, 7) is 4.43. The van der Waals surface area contributed by atoms with Crippen molar-refractivity contribution < 1.29 is 19.4 Å². The summed E-state index contributed by atoms with van der Waals surface area (Å²) >= 11 is 0. The smallest absolute Gasteiger partial charge is 0.335 e. The molecule has 0 radical (unpaired) electrons. The number of likely N-dealkylation sites (N-methyl/N-ethyl adjacent to an activating group) is 1. The number of rotatable bonds is 3. The zero-order chi connectivity index (χ0) is 21.4. The number of hydrogen-bond donors (Lipinski definition) is 1. The number of esters is 1. The molecule has 6 rings (SSSR count). The summed E-state index contributed by atoms with van der Waals surface area (Å²) in [5.74, 6) is 0.653. The van der Waals surface area contributed by atoms with Gasteiger partial charge in [-0.15, -0.1) is 0 Å². The lowest BCUT2D eigenvalue weighted by Crippen LogP contribution is -2.69. The number of aliphatic hydroxyl groups excluding tert-OH is 1. The highest BCUT2D eigenvalue weighted by Crippen LogP contribution is 2.69. The maximum atomic E-state index is 12.1. The standard InChI is InChI=1S/C26H25NO4/c1-3-22(29)30-20-11-9-16-15-19-18-10-12-21(28)26(17-7-5-4-6-8-17)25(18,13-14-27(19)2)23(16)24(20)31-26/h3-12,18-19,21,28H,1,13-15H2,2H3/t18-,19+,21-,25-,26-/m0/s1. The normalized spacial score (nSPS) is 34.6. The van der Waals surface area contributed by atoms with Gasteiger partial charge in [-0.1, -0.05) is 55.1 Å². The Hall–Kier alpha value is -2.89. The third kappa shape index (κ3) is 2.15. The van der Waals surface area contributed by atoms with Gasteiger partial charge in [0.05, 0.1) is 5.41 Å². The van der Waals surface area contributed by atoms with Gasteiger partial charge in [-0.05, 0) is 43.6 Å². The van der Waals surface area contributed by atoms with E-state index in [4.69, 9.17) is 9.47 Å². The number of nitrogens with zero attached hydrogens (tertiary/aromatic N) is 1. The predicted molar refractivity (Wildman–Crippen MR) is 116 cm³/mol. The fourth-order valence-electron chi connectivity index (χ4n) is 6.70. The first-order chi connectivity index (χ1) is 15.0. The SMILES string of the molecule is C=CC(=O)Oc1ccc2c3c1O[C@@]1(c4ccccc4)[C@@H](O)C=C[C@H]4[C@@H](C2)N(C)CC[C@@]341. The predicted octanol–water partition coefficient (Wildman–Crippen LogP) is 3.11. The van der Waals surface area contributed by atoms with Gasteiger partial charge in [-0.25, -0.2) is 4.79 Å². The van der Waals surface area contributed by atoms with Gasteiger partial charge in [0.25, 0.3) is 0 Å². The number of carbonyl (C=O) groups is 1. The van der Waals surface area contributed by atoms with Gasteiger partial charge in [0.2, 0.25) is 0 Å². The molecule has 4 aliphatic rings. The molecular formula is C26H25NO4. The summed E-state index contributed by atoms with van der Waals surface area (Å²) in [6, 6.07) is 14.2. The van der Waals surface area contributed by atoms with Crippen LogP contribution < -0.4 is 9.47 Å². The Morgan fingerprint density at radius 1 is 1.26 bits per heavy atom. The quantitative estimate of drug-likeness (QED) is 0.361. The molecule has 0 unspecified atom stereocenters.